The Labute approximate surface area is 132 Å². The van der Waals surface area contributed by atoms with E-state index in [1.54, 1.807) is 0 Å². The van der Waals surface area contributed by atoms with Gasteiger partial charge in [-0.05, 0) is 38.3 Å². The largest absolute Gasteiger partial charge is 0.387 e. The van der Waals surface area contributed by atoms with Gasteiger partial charge >= 0.3 is 0 Å². The molecule has 0 aliphatic heterocycles. The van der Waals surface area contributed by atoms with Gasteiger partial charge in [0.25, 0.3) is 0 Å². The van der Waals surface area contributed by atoms with E-state index in [4.69, 9.17) is 0 Å². The van der Waals surface area contributed by atoms with Gasteiger partial charge in [-0.25, -0.2) is 0 Å². The molecule has 0 aliphatic rings. The number of carbonyl (C=O) groups is 2. The van der Waals surface area contributed by atoms with Crippen LogP contribution < -0.4 is 10.6 Å². The van der Waals surface area contributed by atoms with E-state index in [9.17, 15) is 14.7 Å². The summed E-state index contributed by atoms with van der Waals surface area (Å²) >= 11 is 0. The lowest BCUT2D eigenvalue weighted by atomic mass is 10.0. The molecule has 0 heterocycles. The van der Waals surface area contributed by atoms with E-state index in [1.165, 1.54) is 0 Å². The molecule has 22 heavy (non-hydrogen) atoms. The van der Waals surface area contributed by atoms with Gasteiger partial charge in [-0.3, -0.25) is 9.59 Å². The molecule has 5 heteroatoms. The van der Waals surface area contributed by atoms with Gasteiger partial charge in [0, 0.05) is 25.4 Å². The lowest BCUT2D eigenvalue weighted by Gasteiger charge is -2.14. The second kappa shape index (κ2) is 9.20. The van der Waals surface area contributed by atoms with Gasteiger partial charge in [0.05, 0.1) is 6.10 Å². The van der Waals surface area contributed by atoms with Crippen molar-refractivity contribution in [1.82, 2.24) is 10.6 Å². The van der Waals surface area contributed by atoms with Gasteiger partial charge in [0.15, 0.2) is 0 Å². The quantitative estimate of drug-likeness (QED) is 0.686. The minimum absolute atomic E-state index is 0.0391. The van der Waals surface area contributed by atoms with Crippen LogP contribution in [0.3, 0.4) is 0 Å². The molecule has 0 spiro atoms. The third-order valence-corrected chi connectivity index (χ3v) is 3.30. The summed E-state index contributed by atoms with van der Waals surface area (Å²) in [7, 11) is 0. The molecule has 1 rings (SSSR count). The Balaban J connectivity index is 2.26. The molecule has 122 valence electrons. The van der Waals surface area contributed by atoms with E-state index in [-0.39, 0.29) is 30.8 Å². The summed E-state index contributed by atoms with van der Waals surface area (Å²) in [4.78, 5) is 23.2. The van der Waals surface area contributed by atoms with Crippen LogP contribution in [0, 0.1) is 6.92 Å². The van der Waals surface area contributed by atoms with Crippen molar-refractivity contribution in [2.75, 3.05) is 6.54 Å². The normalized spacial score (nSPS) is 12.0. The fourth-order valence-electron chi connectivity index (χ4n) is 2.17. The van der Waals surface area contributed by atoms with Crippen LogP contribution in [-0.4, -0.2) is 29.5 Å². The van der Waals surface area contributed by atoms with Crippen LogP contribution >= 0.6 is 0 Å². The first-order chi connectivity index (χ1) is 10.4. The van der Waals surface area contributed by atoms with Crippen LogP contribution in [0.15, 0.2) is 24.3 Å². The van der Waals surface area contributed by atoms with Gasteiger partial charge in [0.2, 0.25) is 11.8 Å². The molecule has 1 unspecified atom stereocenters. The van der Waals surface area contributed by atoms with Crippen molar-refractivity contribution in [3.05, 3.63) is 35.4 Å². The molecule has 0 saturated heterocycles. The number of benzene rings is 1. The minimum atomic E-state index is -0.714. The molecule has 0 aromatic heterocycles. The molecule has 5 nitrogen and oxygen atoms in total. The van der Waals surface area contributed by atoms with Crippen molar-refractivity contribution in [2.24, 2.45) is 0 Å². The fraction of sp³-hybridized carbons (Fsp3) is 0.529. The Kier molecular flexibility index (Phi) is 7.60. The average Bonchev–Trinajstić information content (AvgIpc) is 2.44. The van der Waals surface area contributed by atoms with E-state index in [2.05, 4.69) is 10.6 Å². The number of hydrogen-bond donors (Lipinski definition) is 3. The average molecular weight is 306 g/mol. The molecule has 0 saturated carbocycles. The highest BCUT2D eigenvalue weighted by atomic mass is 16.3. The highest BCUT2D eigenvalue weighted by Gasteiger charge is 2.12. The number of hydrogen-bond acceptors (Lipinski definition) is 3. The lowest BCUT2D eigenvalue weighted by Crippen LogP contribution is -2.31. The van der Waals surface area contributed by atoms with E-state index in [0.717, 1.165) is 11.1 Å². The van der Waals surface area contributed by atoms with Crippen LogP contribution in [0.25, 0.3) is 0 Å². The predicted molar refractivity (Wildman–Crippen MR) is 86.3 cm³/mol. The molecule has 0 radical (unpaired) electrons. The maximum Gasteiger partial charge on any atom is 0.220 e. The number of aryl methyl sites for hydroxylation is 1. The number of rotatable bonds is 8. The second-order valence-electron chi connectivity index (χ2n) is 5.75. The first-order valence-electron chi connectivity index (χ1n) is 7.69. The Morgan fingerprint density at radius 3 is 2.41 bits per heavy atom. The van der Waals surface area contributed by atoms with Crippen LogP contribution in [0.5, 0.6) is 0 Å². The van der Waals surface area contributed by atoms with Gasteiger partial charge < -0.3 is 15.7 Å². The number of aliphatic hydroxyl groups excluding tert-OH is 1. The molecule has 0 bridgehead atoms. The summed E-state index contributed by atoms with van der Waals surface area (Å²) in [5.74, 6) is -0.187. The minimum Gasteiger partial charge on any atom is -0.387 e. The molecular weight excluding hydrogens is 280 g/mol. The molecule has 0 aliphatic carbocycles. The van der Waals surface area contributed by atoms with Crippen molar-refractivity contribution in [3.63, 3.8) is 0 Å². The Hall–Kier alpha value is -1.88. The van der Waals surface area contributed by atoms with E-state index in [0.29, 0.717) is 12.8 Å². The zero-order chi connectivity index (χ0) is 16.5. The fourth-order valence-corrected chi connectivity index (χ4v) is 2.17. The number of carbonyl (C=O) groups excluding carboxylic acids is 2. The highest BCUT2D eigenvalue weighted by Crippen LogP contribution is 2.16. The predicted octanol–water partition coefficient (Wildman–Crippen LogP) is 1.84. The van der Waals surface area contributed by atoms with Crippen molar-refractivity contribution < 1.29 is 14.7 Å². The first kappa shape index (κ1) is 18.2. The summed E-state index contributed by atoms with van der Waals surface area (Å²) < 4.78 is 0. The number of nitrogens with one attached hydrogen (secondary N) is 2. The number of aliphatic hydroxyl groups is 1. The van der Waals surface area contributed by atoms with Crippen LogP contribution in [0.2, 0.25) is 0 Å². The molecule has 1 aromatic carbocycles. The van der Waals surface area contributed by atoms with E-state index in [1.807, 2.05) is 45.0 Å². The van der Waals surface area contributed by atoms with Crippen molar-refractivity contribution in [3.8, 4) is 0 Å². The molecule has 1 aromatic rings. The lowest BCUT2D eigenvalue weighted by molar-refractivity contribution is -0.122. The molecule has 2 amide bonds. The Morgan fingerprint density at radius 2 is 1.77 bits per heavy atom. The first-order valence-corrected chi connectivity index (χ1v) is 7.69. The highest BCUT2D eigenvalue weighted by molar-refractivity contribution is 5.78. The second-order valence-corrected chi connectivity index (χ2v) is 5.75. The maximum atomic E-state index is 11.7. The van der Waals surface area contributed by atoms with E-state index >= 15 is 0 Å². The molecule has 3 N–H and O–H groups in total. The monoisotopic (exact) mass is 306 g/mol. The number of amides is 2. The van der Waals surface area contributed by atoms with Gasteiger partial charge in [-0.15, -0.1) is 0 Å². The zero-order valence-corrected chi connectivity index (χ0v) is 13.6. The van der Waals surface area contributed by atoms with Crippen molar-refractivity contribution >= 4 is 11.8 Å². The van der Waals surface area contributed by atoms with Crippen molar-refractivity contribution in [1.29, 1.82) is 0 Å². The molecule has 0 fully saturated rings. The third kappa shape index (κ3) is 6.72. The third-order valence-electron chi connectivity index (χ3n) is 3.30. The van der Waals surface area contributed by atoms with Crippen molar-refractivity contribution in [2.45, 2.75) is 52.2 Å². The van der Waals surface area contributed by atoms with Gasteiger partial charge in [0.1, 0.15) is 0 Å². The standard InChI is InChI=1S/C17H26N2O3/c1-12(2)19-17(22)10-6-9-16(21)18-11-15(20)14-8-5-4-7-13(14)3/h4-5,7-8,12,15,20H,6,9-11H2,1-3H3,(H,18,21)(H,19,22). The Bertz CT molecular complexity index is 500. The van der Waals surface area contributed by atoms with Crippen LogP contribution in [-0.2, 0) is 9.59 Å². The molecular formula is C17H26N2O3. The topological polar surface area (TPSA) is 78.4 Å². The Morgan fingerprint density at radius 1 is 1.14 bits per heavy atom. The van der Waals surface area contributed by atoms with Crippen LogP contribution in [0.4, 0.5) is 0 Å². The molecule has 1 atom stereocenters. The van der Waals surface area contributed by atoms with Crippen LogP contribution in [0.1, 0.15) is 50.3 Å². The van der Waals surface area contributed by atoms with Gasteiger partial charge in [-0.2, -0.15) is 0 Å². The SMILES string of the molecule is Cc1ccccc1C(O)CNC(=O)CCCC(=O)NC(C)C. The summed E-state index contributed by atoms with van der Waals surface area (Å²) in [6.07, 6.45) is 0.414. The summed E-state index contributed by atoms with van der Waals surface area (Å²) in [6.45, 7) is 5.91. The summed E-state index contributed by atoms with van der Waals surface area (Å²) in [5.41, 5.74) is 1.81. The smallest absolute Gasteiger partial charge is 0.220 e. The van der Waals surface area contributed by atoms with E-state index < -0.39 is 6.10 Å². The maximum absolute atomic E-state index is 11.7. The summed E-state index contributed by atoms with van der Waals surface area (Å²) in [5, 5.41) is 15.6. The van der Waals surface area contributed by atoms with Gasteiger partial charge in [-0.1, -0.05) is 24.3 Å². The summed E-state index contributed by atoms with van der Waals surface area (Å²) in [6, 6.07) is 7.66. The zero-order valence-electron chi connectivity index (χ0n) is 13.6.